The Labute approximate surface area is 112 Å². The number of alkyl halides is 1. The average Bonchev–Trinajstić information content (AvgIpc) is 2.28. The van der Waals surface area contributed by atoms with Gasteiger partial charge in [0.1, 0.15) is 5.69 Å². The fraction of sp³-hybridized carbons (Fsp3) is 0.455. The maximum Gasteiger partial charge on any atom is 0.272 e. The molecule has 0 aliphatic carbocycles. The zero-order chi connectivity index (χ0) is 12.3. The van der Waals surface area contributed by atoms with Crippen LogP contribution in [0.15, 0.2) is 22.8 Å². The van der Waals surface area contributed by atoms with E-state index in [9.17, 15) is 4.79 Å². The van der Waals surface area contributed by atoms with Crippen molar-refractivity contribution < 1.29 is 4.79 Å². The van der Waals surface area contributed by atoms with E-state index in [1.807, 2.05) is 19.9 Å². The lowest BCUT2D eigenvalue weighted by atomic mass is 10.1. The van der Waals surface area contributed by atoms with Crippen LogP contribution < -0.4 is 0 Å². The lowest BCUT2D eigenvalue weighted by molar-refractivity contribution is 0.0657. The third-order valence-corrected chi connectivity index (χ3v) is 4.33. The van der Waals surface area contributed by atoms with Crippen LogP contribution in [0.4, 0.5) is 0 Å². The molecule has 0 aromatic carbocycles. The molecule has 0 saturated heterocycles. The van der Waals surface area contributed by atoms with Gasteiger partial charge in [0.2, 0.25) is 0 Å². The predicted molar refractivity (Wildman–Crippen MR) is 71.9 cm³/mol. The van der Waals surface area contributed by atoms with Crippen molar-refractivity contribution in [3.05, 3.63) is 28.5 Å². The molecule has 1 aromatic heterocycles. The number of pyridine rings is 1. The number of hydrogen-bond acceptors (Lipinski definition) is 2. The summed E-state index contributed by atoms with van der Waals surface area (Å²) in [5.74, 6) is -0.0723. The largest absolute Gasteiger partial charge is 0.334 e. The molecule has 5 heteroatoms. The van der Waals surface area contributed by atoms with Gasteiger partial charge in [0.25, 0.3) is 5.91 Å². The van der Waals surface area contributed by atoms with Crippen LogP contribution in [0.25, 0.3) is 0 Å². The van der Waals surface area contributed by atoms with Gasteiger partial charge in [0.05, 0.1) is 0 Å². The first-order valence-electron chi connectivity index (χ1n) is 4.84. The first kappa shape index (κ1) is 13.6. The van der Waals surface area contributed by atoms with E-state index in [1.165, 1.54) is 0 Å². The molecular weight excluding hydrogens is 336 g/mol. The predicted octanol–water partition coefficient (Wildman–Crippen LogP) is 3.09. The molecule has 0 spiro atoms. The van der Waals surface area contributed by atoms with Crippen molar-refractivity contribution in [1.29, 1.82) is 0 Å². The van der Waals surface area contributed by atoms with Gasteiger partial charge in [0, 0.05) is 28.6 Å². The van der Waals surface area contributed by atoms with E-state index in [4.69, 9.17) is 0 Å². The molecule has 1 amide bonds. The summed E-state index contributed by atoms with van der Waals surface area (Å²) < 4.78 is 0.867. The van der Waals surface area contributed by atoms with E-state index < -0.39 is 0 Å². The second kappa shape index (κ2) is 5.27. The molecule has 0 unspecified atom stereocenters. The fourth-order valence-corrected chi connectivity index (χ4v) is 1.65. The Kier molecular flexibility index (Phi) is 4.50. The number of carbonyl (C=O) groups excluding carboxylic acids is 1. The molecule has 0 fully saturated rings. The molecule has 0 radical (unpaired) electrons. The Morgan fingerprint density at radius 3 is 2.56 bits per heavy atom. The van der Waals surface area contributed by atoms with Crippen LogP contribution in [0, 0.1) is 0 Å². The van der Waals surface area contributed by atoms with Crippen LogP contribution >= 0.6 is 31.9 Å². The van der Waals surface area contributed by atoms with Gasteiger partial charge in [-0.2, -0.15) is 0 Å². The summed E-state index contributed by atoms with van der Waals surface area (Å²) in [4.78, 5) is 17.9. The van der Waals surface area contributed by atoms with Gasteiger partial charge in [-0.3, -0.25) is 4.79 Å². The van der Waals surface area contributed by atoms with E-state index in [-0.39, 0.29) is 11.4 Å². The normalized spacial score (nSPS) is 11.3. The minimum atomic E-state index is -0.230. The van der Waals surface area contributed by atoms with Crippen molar-refractivity contribution in [2.45, 2.75) is 19.4 Å². The van der Waals surface area contributed by atoms with Crippen LogP contribution in [-0.4, -0.2) is 33.7 Å². The molecule has 0 aliphatic heterocycles. The summed E-state index contributed by atoms with van der Waals surface area (Å²) in [7, 11) is 1.79. The van der Waals surface area contributed by atoms with Crippen LogP contribution in [0.2, 0.25) is 0 Å². The maximum absolute atomic E-state index is 12.1. The van der Waals surface area contributed by atoms with Crippen LogP contribution in [0.3, 0.4) is 0 Å². The highest BCUT2D eigenvalue weighted by Gasteiger charge is 2.27. The Balaban J connectivity index is 2.90. The number of nitrogens with zero attached hydrogens (tertiary/aromatic N) is 2. The van der Waals surface area contributed by atoms with E-state index in [0.717, 1.165) is 9.80 Å². The van der Waals surface area contributed by atoms with Crippen molar-refractivity contribution in [1.82, 2.24) is 9.88 Å². The fourth-order valence-electron chi connectivity index (χ4n) is 1.04. The standard InChI is InChI=1S/C11H14Br2N2O/c1-11(2,7-12)15(3)10(16)9-5-4-8(13)6-14-9/h4-6H,7H2,1-3H3. The molecule has 1 heterocycles. The number of halogens is 2. The molecule has 16 heavy (non-hydrogen) atoms. The van der Waals surface area contributed by atoms with Crippen molar-refractivity contribution in [3.8, 4) is 0 Å². The molecule has 1 rings (SSSR count). The topological polar surface area (TPSA) is 33.2 Å². The Morgan fingerprint density at radius 1 is 1.50 bits per heavy atom. The van der Waals surface area contributed by atoms with Gasteiger partial charge in [-0.05, 0) is 41.9 Å². The van der Waals surface area contributed by atoms with Crippen molar-refractivity contribution >= 4 is 37.8 Å². The van der Waals surface area contributed by atoms with E-state index in [0.29, 0.717) is 5.69 Å². The minimum Gasteiger partial charge on any atom is -0.334 e. The van der Waals surface area contributed by atoms with Crippen LogP contribution in [0.5, 0.6) is 0 Å². The second-order valence-electron chi connectivity index (χ2n) is 4.17. The highest BCUT2D eigenvalue weighted by atomic mass is 79.9. The minimum absolute atomic E-state index is 0.0723. The average molecular weight is 350 g/mol. The highest BCUT2D eigenvalue weighted by Crippen LogP contribution is 2.18. The summed E-state index contributed by atoms with van der Waals surface area (Å²) in [5, 5.41) is 0.721. The Hall–Kier alpha value is -0.420. The van der Waals surface area contributed by atoms with Crippen LogP contribution in [0.1, 0.15) is 24.3 Å². The van der Waals surface area contributed by atoms with Crippen molar-refractivity contribution in [2.24, 2.45) is 0 Å². The molecule has 1 aromatic rings. The van der Waals surface area contributed by atoms with Crippen molar-refractivity contribution in [3.63, 3.8) is 0 Å². The van der Waals surface area contributed by atoms with Gasteiger partial charge in [-0.15, -0.1) is 0 Å². The molecule has 0 aliphatic rings. The highest BCUT2D eigenvalue weighted by molar-refractivity contribution is 9.10. The number of amides is 1. The number of hydrogen-bond donors (Lipinski definition) is 0. The third-order valence-electron chi connectivity index (χ3n) is 2.49. The summed E-state index contributed by atoms with van der Waals surface area (Å²) >= 11 is 6.69. The molecule has 0 saturated carbocycles. The number of rotatable bonds is 3. The molecule has 0 N–H and O–H groups in total. The van der Waals surface area contributed by atoms with Gasteiger partial charge in [-0.1, -0.05) is 15.9 Å². The quantitative estimate of drug-likeness (QED) is 0.785. The van der Waals surface area contributed by atoms with Crippen LogP contribution in [-0.2, 0) is 0 Å². The molecule has 0 atom stereocenters. The maximum atomic E-state index is 12.1. The summed E-state index contributed by atoms with van der Waals surface area (Å²) in [6.45, 7) is 4.00. The number of carbonyl (C=O) groups is 1. The Morgan fingerprint density at radius 2 is 2.12 bits per heavy atom. The number of aromatic nitrogens is 1. The van der Waals surface area contributed by atoms with E-state index in [2.05, 4.69) is 36.8 Å². The zero-order valence-electron chi connectivity index (χ0n) is 9.50. The van der Waals surface area contributed by atoms with E-state index >= 15 is 0 Å². The monoisotopic (exact) mass is 348 g/mol. The third kappa shape index (κ3) is 3.04. The first-order chi connectivity index (χ1) is 7.38. The summed E-state index contributed by atoms with van der Waals surface area (Å²) in [5.41, 5.74) is 0.228. The first-order valence-corrected chi connectivity index (χ1v) is 6.75. The van der Waals surface area contributed by atoms with Gasteiger partial charge in [0.15, 0.2) is 0 Å². The second-order valence-corrected chi connectivity index (χ2v) is 5.65. The van der Waals surface area contributed by atoms with Crippen molar-refractivity contribution in [2.75, 3.05) is 12.4 Å². The van der Waals surface area contributed by atoms with Gasteiger partial charge in [-0.25, -0.2) is 4.98 Å². The molecule has 3 nitrogen and oxygen atoms in total. The summed E-state index contributed by atoms with van der Waals surface area (Å²) in [6, 6.07) is 3.53. The summed E-state index contributed by atoms with van der Waals surface area (Å²) in [6.07, 6.45) is 1.63. The lowest BCUT2D eigenvalue weighted by Gasteiger charge is -2.33. The lowest BCUT2D eigenvalue weighted by Crippen LogP contribution is -2.46. The SMILES string of the molecule is CN(C(=O)c1ccc(Br)cn1)C(C)(C)CBr. The molecule has 0 bridgehead atoms. The zero-order valence-corrected chi connectivity index (χ0v) is 12.7. The Bertz CT molecular complexity index is 376. The van der Waals surface area contributed by atoms with E-state index in [1.54, 1.807) is 24.2 Å². The molecule has 88 valence electrons. The molecular formula is C11H14Br2N2O. The van der Waals surface area contributed by atoms with Gasteiger partial charge >= 0.3 is 0 Å². The van der Waals surface area contributed by atoms with Gasteiger partial charge < -0.3 is 4.90 Å². The smallest absolute Gasteiger partial charge is 0.272 e.